The van der Waals surface area contributed by atoms with Crippen molar-refractivity contribution in [3.05, 3.63) is 35.5 Å². The van der Waals surface area contributed by atoms with E-state index in [-0.39, 0.29) is 6.79 Å². The van der Waals surface area contributed by atoms with Crippen molar-refractivity contribution in [3.63, 3.8) is 0 Å². The van der Waals surface area contributed by atoms with Gasteiger partial charge in [-0.2, -0.15) is 0 Å². The number of fused-ring (bicyclic) bond motifs is 1. The lowest BCUT2D eigenvalue weighted by Gasteiger charge is -2.04. The van der Waals surface area contributed by atoms with Crippen LogP contribution in [0.2, 0.25) is 0 Å². The zero-order valence-electron chi connectivity index (χ0n) is 10.2. The first-order chi connectivity index (χ1) is 8.72. The molecule has 18 heavy (non-hydrogen) atoms. The molecule has 1 aliphatic rings. The minimum absolute atomic E-state index is 0.261. The maximum Gasteiger partial charge on any atom is 0.232 e. The molecule has 0 aliphatic carbocycles. The third kappa shape index (κ3) is 1.99. The van der Waals surface area contributed by atoms with Crippen molar-refractivity contribution in [2.45, 2.75) is 20.5 Å². The van der Waals surface area contributed by atoms with E-state index in [1.807, 2.05) is 26.0 Å². The summed E-state index contributed by atoms with van der Waals surface area (Å²) in [5.41, 5.74) is 0.888. The van der Waals surface area contributed by atoms with Crippen molar-refractivity contribution >= 4 is 0 Å². The van der Waals surface area contributed by atoms with Crippen LogP contribution >= 0.6 is 0 Å². The number of ether oxygens (including phenoxy) is 3. The van der Waals surface area contributed by atoms with Gasteiger partial charge in [-0.15, -0.1) is 0 Å². The molecule has 0 amide bonds. The van der Waals surface area contributed by atoms with Gasteiger partial charge in [0, 0.05) is 6.07 Å². The van der Waals surface area contributed by atoms with Crippen LogP contribution in [0.15, 0.2) is 22.6 Å². The Bertz CT molecular complexity index is 557. The van der Waals surface area contributed by atoms with Crippen LogP contribution in [0, 0.1) is 13.8 Å². The molecule has 0 N–H and O–H groups in total. The second-order valence-corrected chi connectivity index (χ2v) is 4.05. The Morgan fingerprint density at radius 3 is 2.83 bits per heavy atom. The van der Waals surface area contributed by atoms with Crippen LogP contribution in [0.1, 0.15) is 17.3 Å². The number of rotatable bonds is 3. The molecule has 0 saturated heterocycles. The van der Waals surface area contributed by atoms with Gasteiger partial charge in [-0.3, -0.25) is 0 Å². The van der Waals surface area contributed by atoms with E-state index in [4.69, 9.17) is 18.6 Å². The predicted octanol–water partition coefficient (Wildman–Crippen LogP) is 2.60. The highest BCUT2D eigenvalue weighted by molar-refractivity contribution is 5.46. The van der Waals surface area contributed by atoms with Gasteiger partial charge < -0.3 is 18.6 Å². The van der Waals surface area contributed by atoms with E-state index in [1.54, 1.807) is 6.07 Å². The number of hydrogen-bond donors (Lipinski definition) is 0. The van der Waals surface area contributed by atoms with Crippen molar-refractivity contribution in [1.29, 1.82) is 0 Å². The molecule has 0 spiro atoms. The van der Waals surface area contributed by atoms with E-state index >= 15 is 0 Å². The number of aryl methyl sites for hydroxylation is 2. The summed E-state index contributed by atoms with van der Waals surface area (Å²) in [4.78, 5) is 4.25. The Labute approximate surface area is 104 Å². The minimum atomic E-state index is 0.261. The van der Waals surface area contributed by atoms with E-state index in [1.165, 1.54) is 0 Å². The van der Waals surface area contributed by atoms with Gasteiger partial charge in [-0.1, -0.05) is 0 Å². The lowest BCUT2D eigenvalue weighted by atomic mass is 10.3. The number of aromatic nitrogens is 1. The van der Waals surface area contributed by atoms with Crippen molar-refractivity contribution in [2.24, 2.45) is 0 Å². The molecule has 0 atom stereocenters. The molecular weight excluding hydrogens is 234 g/mol. The normalized spacial score (nSPS) is 12.8. The molecule has 94 valence electrons. The first kappa shape index (κ1) is 11.0. The lowest BCUT2D eigenvalue weighted by Crippen LogP contribution is -1.95. The first-order valence-corrected chi connectivity index (χ1v) is 5.68. The molecule has 0 radical (unpaired) electrons. The largest absolute Gasteiger partial charge is 0.484 e. The molecule has 5 heteroatoms. The third-order valence-electron chi connectivity index (χ3n) is 2.78. The first-order valence-electron chi connectivity index (χ1n) is 5.68. The number of nitrogens with zero attached hydrogens (tertiary/aromatic N) is 1. The Morgan fingerprint density at radius 1 is 1.22 bits per heavy atom. The molecule has 2 heterocycles. The summed E-state index contributed by atoms with van der Waals surface area (Å²) in [6.07, 6.45) is 0. The van der Waals surface area contributed by atoms with Crippen molar-refractivity contribution < 1.29 is 18.6 Å². The molecule has 3 rings (SSSR count). The highest BCUT2D eigenvalue weighted by atomic mass is 16.7. The molecule has 0 unspecified atom stereocenters. The molecular formula is C13H13NO4. The third-order valence-corrected chi connectivity index (χ3v) is 2.78. The molecule has 0 fully saturated rings. The minimum Gasteiger partial charge on any atom is -0.484 e. The summed E-state index contributed by atoms with van der Waals surface area (Å²) in [6, 6.07) is 5.45. The van der Waals surface area contributed by atoms with Gasteiger partial charge >= 0.3 is 0 Å². The summed E-state index contributed by atoms with van der Waals surface area (Å²) in [7, 11) is 0. The second kappa shape index (κ2) is 4.25. The fourth-order valence-electron chi connectivity index (χ4n) is 1.71. The van der Waals surface area contributed by atoms with E-state index < -0.39 is 0 Å². The van der Waals surface area contributed by atoms with Crippen LogP contribution < -0.4 is 14.2 Å². The SMILES string of the molecule is Cc1nc(COc2ccc3c(c2)OCO3)oc1C. The maximum atomic E-state index is 5.59. The van der Waals surface area contributed by atoms with Crippen molar-refractivity contribution in [1.82, 2.24) is 4.98 Å². The van der Waals surface area contributed by atoms with E-state index in [0.717, 1.165) is 17.2 Å². The maximum absolute atomic E-state index is 5.59. The lowest BCUT2D eigenvalue weighted by molar-refractivity contribution is 0.173. The summed E-state index contributed by atoms with van der Waals surface area (Å²) >= 11 is 0. The Kier molecular flexibility index (Phi) is 2.59. The van der Waals surface area contributed by atoms with Crippen LogP contribution in [-0.2, 0) is 6.61 Å². The highest BCUT2D eigenvalue weighted by Crippen LogP contribution is 2.35. The molecule has 1 aliphatic heterocycles. The summed E-state index contributed by atoms with van der Waals surface area (Å²) < 4.78 is 21.5. The van der Waals surface area contributed by atoms with E-state index in [2.05, 4.69) is 4.98 Å². The van der Waals surface area contributed by atoms with Gasteiger partial charge in [0.2, 0.25) is 12.7 Å². The van der Waals surface area contributed by atoms with E-state index in [0.29, 0.717) is 24.0 Å². The molecule has 2 aromatic rings. The molecule has 1 aromatic heterocycles. The van der Waals surface area contributed by atoms with Crippen LogP contribution in [0.25, 0.3) is 0 Å². The van der Waals surface area contributed by atoms with Gasteiger partial charge in [0.05, 0.1) is 5.69 Å². The zero-order chi connectivity index (χ0) is 12.5. The van der Waals surface area contributed by atoms with E-state index in [9.17, 15) is 0 Å². The Balaban J connectivity index is 1.70. The molecule has 5 nitrogen and oxygen atoms in total. The highest BCUT2D eigenvalue weighted by Gasteiger charge is 2.14. The van der Waals surface area contributed by atoms with Gasteiger partial charge in [0.25, 0.3) is 0 Å². The van der Waals surface area contributed by atoms with Crippen LogP contribution in [0.5, 0.6) is 17.2 Å². The number of benzene rings is 1. The van der Waals surface area contributed by atoms with Crippen LogP contribution in [0.3, 0.4) is 0 Å². The number of oxazole rings is 1. The van der Waals surface area contributed by atoms with Gasteiger partial charge in [-0.25, -0.2) is 4.98 Å². The second-order valence-electron chi connectivity index (χ2n) is 4.05. The zero-order valence-corrected chi connectivity index (χ0v) is 10.2. The average Bonchev–Trinajstić information content (AvgIpc) is 2.94. The van der Waals surface area contributed by atoms with Crippen molar-refractivity contribution in [3.8, 4) is 17.2 Å². The smallest absolute Gasteiger partial charge is 0.232 e. The predicted molar refractivity (Wildman–Crippen MR) is 62.9 cm³/mol. The summed E-state index contributed by atoms with van der Waals surface area (Å²) in [5.74, 6) is 3.53. The quantitative estimate of drug-likeness (QED) is 0.834. The van der Waals surface area contributed by atoms with Crippen LogP contribution in [-0.4, -0.2) is 11.8 Å². The molecule has 0 saturated carbocycles. The molecule has 0 bridgehead atoms. The van der Waals surface area contributed by atoms with Gasteiger partial charge in [0.1, 0.15) is 11.5 Å². The fourth-order valence-corrected chi connectivity index (χ4v) is 1.71. The molecule has 1 aromatic carbocycles. The Hall–Kier alpha value is -2.17. The Morgan fingerprint density at radius 2 is 2.06 bits per heavy atom. The van der Waals surface area contributed by atoms with Gasteiger partial charge in [0.15, 0.2) is 18.1 Å². The van der Waals surface area contributed by atoms with Crippen LogP contribution in [0.4, 0.5) is 0 Å². The summed E-state index contributed by atoms with van der Waals surface area (Å²) in [5, 5.41) is 0. The topological polar surface area (TPSA) is 53.7 Å². The standard InChI is InChI=1S/C13H13NO4/c1-8-9(2)18-13(14-8)6-15-10-3-4-11-12(5-10)17-7-16-11/h3-5H,6-7H2,1-2H3. The number of hydrogen-bond acceptors (Lipinski definition) is 5. The van der Waals surface area contributed by atoms with Gasteiger partial charge in [-0.05, 0) is 26.0 Å². The van der Waals surface area contributed by atoms with Crippen molar-refractivity contribution in [2.75, 3.05) is 6.79 Å². The monoisotopic (exact) mass is 247 g/mol. The average molecular weight is 247 g/mol. The summed E-state index contributed by atoms with van der Waals surface area (Å²) in [6.45, 7) is 4.35. The fraction of sp³-hybridized carbons (Fsp3) is 0.308.